The van der Waals surface area contributed by atoms with Crippen LogP contribution in [0, 0.1) is 0 Å². The van der Waals surface area contributed by atoms with Gasteiger partial charge in [-0.3, -0.25) is 9.59 Å². The normalized spacial score (nSPS) is 13.0. The van der Waals surface area contributed by atoms with Gasteiger partial charge in [-0.05, 0) is 83.5 Å². The summed E-state index contributed by atoms with van der Waals surface area (Å²) in [4.78, 5) is 24.3. The average molecular weight is 898 g/mol. The third-order valence-corrected chi connectivity index (χ3v) is 12.6. The summed E-state index contributed by atoms with van der Waals surface area (Å²) in [6.07, 6.45) is 67.2. The van der Waals surface area contributed by atoms with Crippen molar-refractivity contribution in [3.63, 3.8) is 0 Å². The molecular formula is C58H107NO5. The molecule has 374 valence electrons. The van der Waals surface area contributed by atoms with Crippen molar-refractivity contribution in [2.24, 2.45) is 0 Å². The number of allylic oxidation sites excluding steroid dienone is 7. The SMILES string of the molecule is CCCC/C=C\CCCCCCCC(=O)OCCCCCCCCCCC/C=C\C/C=C\CCCCCCCCCCCCCC(=O)NC(CO)C(O)/C=C/CCCCCCCCC. The van der Waals surface area contributed by atoms with Gasteiger partial charge >= 0.3 is 5.97 Å². The second-order valence-electron chi connectivity index (χ2n) is 18.9. The first-order chi connectivity index (χ1) is 31.5. The molecule has 6 nitrogen and oxygen atoms in total. The van der Waals surface area contributed by atoms with Crippen LogP contribution in [0.25, 0.3) is 0 Å². The number of nitrogens with one attached hydrogen (secondary N) is 1. The Morgan fingerprint density at radius 3 is 1.25 bits per heavy atom. The maximum absolute atomic E-state index is 12.4. The van der Waals surface area contributed by atoms with Gasteiger partial charge in [0.05, 0.1) is 25.4 Å². The van der Waals surface area contributed by atoms with E-state index in [1.54, 1.807) is 6.08 Å². The second-order valence-corrected chi connectivity index (χ2v) is 18.9. The highest BCUT2D eigenvalue weighted by Gasteiger charge is 2.18. The van der Waals surface area contributed by atoms with Crippen LogP contribution in [-0.2, 0) is 14.3 Å². The Morgan fingerprint density at radius 1 is 0.438 bits per heavy atom. The smallest absolute Gasteiger partial charge is 0.305 e. The molecule has 0 aromatic carbocycles. The predicted octanol–water partition coefficient (Wildman–Crippen LogP) is 17.0. The lowest BCUT2D eigenvalue weighted by atomic mass is 10.0. The number of carbonyl (C=O) groups is 2. The van der Waals surface area contributed by atoms with Crippen LogP contribution in [0.15, 0.2) is 48.6 Å². The van der Waals surface area contributed by atoms with E-state index in [1.807, 2.05) is 6.08 Å². The van der Waals surface area contributed by atoms with Crippen LogP contribution in [0.4, 0.5) is 0 Å². The average Bonchev–Trinajstić information content (AvgIpc) is 3.29. The Bertz CT molecular complexity index is 1080. The maximum Gasteiger partial charge on any atom is 0.305 e. The molecule has 6 heteroatoms. The van der Waals surface area contributed by atoms with Crippen LogP contribution >= 0.6 is 0 Å². The number of carbonyl (C=O) groups excluding carboxylic acids is 2. The van der Waals surface area contributed by atoms with Gasteiger partial charge in [-0.15, -0.1) is 0 Å². The van der Waals surface area contributed by atoms with Gasteiger partial charge < -0.3 is 20.3 Å². The van der Waals surface area contributed by atoms with Crippen molar-refractivity contribution in [1.82, 2.24) is 5.32 Å². The molecular weight excluding hydrogens is 791 g/mol. The van der Waals surface area contributed by atoms with Crippen molar-refractivity contribution in [3.8, 4) is 0 Å². The summed E-state index contributed by atoms with van der Waals surface area (Å²) in [5.74, 6) is -0.0764. The van der Waals surface area contributed by atoms with E-state index in [0.29, 0.717) is 19.4 Å². The Morgan fingerprint density at radius 2 is 0.797 bits per heavy atom. The van der Waals surface area contributed by atoms with Gasteiger partial charge in [0.1, 0.15) is 0 Å². The van der Waals surface area contributed by atoms with Crippen LogP contribution in [-0.4, -0.2) is 47.4 Å². The number of aliphatic hydroxyl groups is 2. The van der Waals surface area contributed by atoms with Crippen LogP contribution in [0.5, 0.6) is 0 Å². The quantitative estimate of drug-likeness (QED) is 0.0321. The summed E-state index contributed by atoms with van der Waals surface area (Å²) >= 11 is 0. The number of amides is 1. The molecule has 0 aliphatic rings. The van der Waals surface area contributed by atoms with E-state index in [0.717, 1.165) is 51.4 Å². The molecule has 0 radical (unpaired) electrons. The first-order valence-electron chi connectivity index (χ1n) is 27.9. The zero-order valence-electron chi connectivity index (χ0n) is 42.5. The lowest BCUT2D eigenvalue weighted by Crippen LogP contribution is -2.45. The van der Waals surface area contributed by atoms with Gasteiger partial charge in [-0.2, -0.15) is 0 Å². The van der Waals surface area contributed by atoms with E-state index in [4.69, 9.17) is 4.74 Å². The molecule has 0 bridgehead atoms. The molecule has 0 saturated heterocycles. The number of hydrogen-bond acceptors (Lipinski definition) is 5. The molecule has 0 heterocycles. The second kappa shape index (κ2) is 53.4. The highest BCUT2D eigenvalue weighted by molar-refractivity contribution is 5.76. The fourth-order valence-electron chi connectivity index (χ4n) is 8.23. The van der Waals surface area contributed by atoms with Gasteiger partial charge in [0.25, 0.3) is 0 Å². The van der Waals surface area contributed by atoms with Crippen molar-refractivity contribution in [1.29, 1.82) is 0 Å². The number of rotatable bonds is 51. The summed E-state index contributed by atoms with van der Waals surface area (Å²) in [5, 5.41) is 22.9. The first-order valence-corrected chi connectivity index (χ1v) is 27.9. The Hall–Kier alpha value is -2.18. The fraction of sp³-hybridized carbons (Fsp3) is 0.828. The summed E-state index contributed by atoms with van der Waals surface area (Å²) in [6, 6.07) is -0.628. The van der Waals surface area contributed by atoms with E-state index in [2.05, 4.69) is 55.6 Å². The third-order valence-electron chi connectivity index (χ3n) is 12.6. The summed E-state index contributed by atoms with van der Waals surface area (Å²) < 4.78 is 5.45. The van der Waals surface area contributed by atoms with E-state index in [9.17, 15) is 19.8 Å². The molecule has 64 heavy (non-hydrogen) atoms. The lowest BCUT2D eigenvalue weighted by molar-refractivity contribution is -0.143. The minimum absolute atomic E-state index is 0.00177. The standard InChI is InChI=1S/C58H107NO5/c1-3-5-7-9-11-13-31-36-40-44-48-52-58(63)64-53-49-45-41-37-33-30-28-26-24-22-20-18-16-14-15-17-19-21-23-25-27-29-32-35-39-43-47-51-57(62)59-55(54-60)56(61)50-46-42-38-34-12-10-8-6-4-2/h9,11,14-15,18,20,46,50,55-56,60-61H,3-8,10,12-13,16-17,19,21-45,47-49,51-54H2,1-2H3,(H,59,62)/b11-9-,15-14-,20-18-,50-46+. The van der Waals surface area contributed by atoms with Crippen LogP contribution in [0.2, 0.25) is 0 Å². The van der Waals surface area contributed by atoms with E-state index in [1.165, 1.54) is 205 Å². The lowest BCUT2D eigenvalue weighted by Gasteiger charge is -2.20. The number of unbranched alkanes of at least 4 members (excludes halogenated alkanes) is 34. The zero-order chi connectivity index (χ0) is 46.5. The fourth-order valence-corrected chi connectivity index (χ4v) is 8.23. The van der Waals surface area contributed by atoms with E-state index < -0.39 is 12.1 Å². The molecule has 0 aromatic heterocycles. The van der Waals surface area contributed by atoms with Crippen molar-refractivity contribution < 1.29 is 24.5 Å². The molecule has 0 aliphatic carbocycles. The Labute approximate surface area is 397 Å². The summed E-state index contributed by atoms with van der Waals surface area (Å²) in [7, 11) is 0. The number of hydrogen-bond donors (Lipinski definition) is 3. The monoisotopic (exact) mass is 898 g/mol. The molecule has 2 atom stereocenters. The van der Waals surface area contributed by atoms with Gasteiger partial charge in [-0.1, -0.05) is 236 Å². The summed E-state index contributed by atoms with van der Waals surface area (Å²) in [5.41, 5.74) is 0. The van der Waals surface area contributed by atoms with Gasteiger partial charge in [0.15, 0.2) is 0 Å². The molecule has 2 unspecified atom stereocenters. The molecule has 1 amide bonds. The molecule has 0 rings (SSSR count). The summed E-state index contributed by atoms with van der Waals surface area (Å²) in [6.45, 7) is 4.82. The van der Waals surface area contributed by atoms with Crippen molar-refractivity contribution in [2.45, 2.75) is 296 Å². The predicted molar refractivity (Wildman–Crippen MR) is 278 cm³/mol. The van der Waals surface area contributed by atoms with E-state index >= 15 is 0 Å². The first kappa shape index (κ1) is 61.8. The van der Waals surface area contributed by atoms with E-state index in [-0.39, 0.29) is 18.5 Å². The zero-order valence-corrected chi connectivity index (χ0v) is 42.5. The molecule has 0 spiro atoms. The number of ether oxygens (including phenoxy) is 1. The third kappa shape index (κ3) is 49.3. The molecule has 0 aliphatic heterocycles. The molecule has 0 aromatic rings. The molecule has 3 N–H and O–H groups in total. The van der Waals surface area contributed by atoms with Crippen molar-refractivity contribution >= 4 is 11.9 Å². The largest absolute Gasteiger partial charge is 0.466 e. The molecule has 0 fully saturated rings. The van der Waals surface area contributed by atoms with Gasteiger partial charge in [0.2, 0.25) is 5.91 Å². The Kier molecular flexibility index (Phi) is 51.6. The Balaban J connectivity index is 3.42. The number of esters is 1. The van der Waals surface area contributed by atoms with Crippen LogP contribution in [0.1, 0.15) is 284 Å². The van der Waals surface area contributed by atoms with Crippen molar-refractivity contribution in [3.05, 3.63) is 48.6 Å². The maximum atomic E-state index is 12.4. The highest BCUT2D eigenvalue weighted by Crippen LogP contribution is 2.15. The van der Waals surface area contributed by atoms with Gasteiger partial charge in [-0.25, -0.2) is 0 Å². The van der Waals surface area contributed by atoms with Crippen LogP contribution in [0.3, 0.4) is 0 Å². The topological polar surface area (TPSA) is 95.9 Å². The number of aliphatic hydroxyl groups excluding tert-OH is 2. The van der Waals surface area contributed by atoms with Crippen LogP contribution < -0.4 is 5.32 Å². The van der Waals surface area contributed by atoms with Gasteiger partial charge in [0, 0.05) is 12.8 Å². The van der Waals surface area contributed by atoms with Crippen molar-refractivity contribution in [2.75, 3.05) is 13.2 Å². The molecule has 0 saturated carbocycles. The highest BCUT2D eigenvalue weighted by atomic mass is 16.5. The minimum atomic E-state index is -0.844. The minimum Gasteiger partial charge on any atom is -0.466 e.